The lowest BCUT2D eigenvalue weighted by Gasteiger charge is -2.10. The van der Waals surface area contributed by atoms with Crippen LogP contribution in [-0.2, 0) is 4.79 Å². The van der Waals surface area contributed by atoms with E-state index in [0.29, 0.717) is 0 Å². The van der Waals surface area contributed by atoms with E-state index >= 15 is 0 Å². The van der Waals surface area contributed by atoms with Crippen LogP contribution in [-0.4, -0.2) is 19.4 Å². The number of hydrogen-bond acceptors (Lipinski definition) is 3. The van der Waals surface area contributed by atoms with E-state index in [1.54, 1.807) is 6.07 Å². The second-order valence-corrected chi connectivity index (χ2v) is 2.78. The average Bonchev–Trinajstić information content (AvgIpc) is 2.29. The summed E-state index contributed by atoms with van der Waals surface area (Å²) in [6.07, 6.45) is -3.14. The summed E-state index contributed by atoms with van der Waals surface area (Å²) in [7, 11) is 1.31. The molecule has 0 heterocycles. The lowest BCUT2D eigenvalue weighted by atomic mass is 10.2. The molecule has 0 saturated carbocycles. The van der Waals surface area contributed by atoms with Gasteiger partial charge in [0, 0.05) is 0 Å². The first kappa shape index (κ1) is 11.9. The van der Waals surface area contributed by atoms with Crippen LogP contribution < -0.4 is 10.1 Å². The molecule has 1 aromatic carbocycles. The number of anilines is 1. The summed E-state index contributed by atoms with van der Waals surface area (Å²) in [5, 5.41) is 10.7. The number of carbonyl (C=O) groups is 1. The van der Waals surface area contributed by atoms with Crippen molar-refractivity contribution in [2.24, 2.45) is 0 Å². The van der Waals surface area contributed by atoms with Crippen molar-refractivity contribution in [3.05, 3.63) is 23.8 Å². The Morgan fingerprint density at radius 2 is 2.25 bits per heavy atom. The van der Waals surface area contributed by atoms with Gasteiger partial charge in [0.05, 0.1) is 12.7 Å². The molecule has 1 amide bonds. The normalized spacial score (nSPS) is 9.69. The highest BCUT2D eigenvalue weighted by Gasteiger charge is 2.19. The lowest BCUT2D eigenvalue weighted by molar-refractivity contribution is -0.126. The maximum absolute atomic E-state index is 12.0. The van der Waals surface area contributed by atoms with Gasteiger partial charge in [0.2, 0.25) is 0 Å². The van der Waals surface area contributed by atoms with Gasteiger partial charge in [-0.05, 0) is 12.1 Å². The highest BCUT2D eigenvalue weighted by atomic mass is 19.3. The molecule has 1 aromatic rings. The number of rotatable bonds is 3. The van der Waals surface area contributed by atoms with Crippen LogP contribution in [0.4, 0.5) is 14.5 Å². The molecule has 0 aliphatic carbocycles. The summed E-state index contributed by atoms with van der Waals surface area (Å²) in [6, 6.07) is 6.15. The fraction of sp³-hybridized carbons (Fsp3) is 0.200. The number of alkyl halides is 2. The molecular formula is C10H8F2N2O2. The Hall–Kier alpha value is -2.16. The third kappa shape index (κ3) is 2.45. The molecule has 0 aromatic heterocycles. The van der Waals surface area contributed by atoms with E-state index in [2.05, 4.69) is 0 Å². The summed E-state index contributed by atoms with van der Waals surface area (Å²) in [4.78, 5) is 10.8. The molecule has 1 N–H and O–H groups in total. The van der Waals surface area contributed by atoms with Crippen LogP contribution in [0.15, 0.2) is 18.2 Å². The average molecular weight is 226 g/mol. The quantitative estimate of drug-likeness (QED) is 0.854. The summed E-state index contributed by atoms with van der Waals surface area (Å²) >= 11 is 0. The van der Waals surface area contributed by atoms with Gasteiger partial charge in [-0.2, -0.15) is 14.0 Å². The molecule has 1 rings (SSSR count). The largest absolute Gasteiger partial charge is 0.495 e. The van der Waals surface area contributed by atoms with Crippen LogP contribution >= 0.6 is 0 Å². The van der Waals surface area contributed by atoms with E-state index in [1.807, 2.05) is 5.32 Å². The van der Waals surface area contributed by atoms with E-state index in [1.165, 1.54) is 25.3 Å². The predicted octanol–water partition coefficient (Wildman–Crippen LogP) is 1.77. The van der Waals surface area contributed by atoms with Gasteiger partial charge < -0.3 is 10.1 Å². The van der Waals surface area contributed by atoms with Gasteiger partial charge in [-0.25, -0.2) is 0 Å². The Kier molecular flexibility index (Phi) is 3.78. The monoisotopic (exact) mass is 226 g/mol. The summed E-state index contributed by atoms with van der Waals surface area (Å²) < 4.78 is 29.0. The number of halogens is 2. The number of nitrogens with one attached hydrogen (secondary N) is 1. The zero-order chi connectivity index (χ0) is 12.1. The fourth-order valence-electron chi connectivity index (χ4n) is 1.10. The number of hydrogen-bond donors (Lipinski definition) is 1. The minimum Gasteiger partial charge on any atom is -0.495 e. The molecular weight excluding hydrogens is 218 g/mol. The second-order valence-electron chi connectivity index (χ2n) is 2.78. The van der Waals surface area contributed by atoms with Crippen molar-refractivity contribution in [2.45, 2.75) is 6.43 Å². The number of nitrogens with zero attached hydrogens (tertiary/aromatic N) is 1. The molecule has 0 saturated heterocycles. The molecule has 0 radical (unpaired) electrons. The topological polar surface area (TPSA) is 62.1 Å². The Bertz CT molecular complexity index is 441. The van der Waals surface area contributed by atoms with E-state index in [-0.39, 0.29) is 17.0 Å². The van der Waals surface area contributed by atoms with Crippen molar-refractivity contribution in [3.63, 3.8) is 0 Å². The van der Waals surface area contributed by atoms with Crippen LogP contribution in [0.5, 0.6) is 5.75 Å². The highest BCUT2D eigenvalue weighted by molar-refractivity contribution is 5.95. The Morgan fingerprint density at radius 3 is 2.75 bits per heavy atom. The first-order chi connectivity index (χ1) is 7.60. The Morgan fingerprint density at radius 1 is 1.56 bits per heavy atom. The van der Waals surface area contributed by atoms with Crippen LogP contribution in [0.3, 0.4) is 0 Å². The molecule has 0 aliphatic rings. The molecule has 0 spiro atoms. The predicted molar refractivity (Wildman–Crippen MR) is 52.3 cm³/mol. The summed E-state index contributed by atoms with van der Waals surface area (Å²) in [5.74, 6) is -1.31. The van der Waals surface area contributed by atoms with E-state index in [0.717, 1.165) is 0 Å². The van der Waals surface area contributed by atoms with Gasteiger partial charge in [0.15, 0.2) is 0 Å². The summed E-state index contributed by atoms with van der Waals surface area (Å²) in [6.45, 7) is 0. The van der Waals surface area contributed by atoms with Crippen molar-refractivity contribution in [1.82, 2.24) is 0 Å². The number of methoxy groups -OCH3 is 1. The molecule has 6 heteroatoms. The molecule has 0 unspecified atom stereocenters. The molecule has 16 heavy (non-hydrogen) atoms. The molecule has 0 fully saturated rings. The minimum atomic E-state index is -3.14. The number of benzene rings is 1. The van der Waals surface area contributed by atoms with Gasteiger partial charge in [0.25, 0.3) is 5.91 Å². The first-order valence-electron chi connectivity index (χ1n) is 4.26. The van der Waals surface area contributed by atoms with Crippen molar-refractivity contribution in [1.29, 1.82) is 5.26 Å². The van der Waals surface area contributed by atoms with Crippen LogP contribution in [0, 0.1) is 11.3 Å². The number of ether oxygens (including phenoxy) is 1. The summed E-state index contributed by atoms with van der Waals surface area (Å²) in [5.41, 5.74) is 0.0196. The Balaban J connectivity index is 3.10. The van der Waals surface area contributed by atoms with E-state index < -0.39 is 12.3 Å². The zero-order valence-electron chi connectivity index (χ0n) is 8.33. The van der Waals surface area contributed by atoms with Crippen molar-refractivity contribution in [2.75, 3.05) is 12.4 Å². The van der Waals surface area contributed by atoms with Gasteiger partial charge >= 0.3 is 6.43 Å². The molecule has 0 aliphatic heterocycles. The smallest absolute Gasteiger partial charge is 0.315 e. The SMILES string of the molecule is COc1cccc(C#N)c1NC(=O)C(F)F. The van der Waals surface area contributed by atoms with Crippen LogP contribution in [0.2, 0.25) is 0 Å². The maximum Gasteiger partial charge on any atom is 0.315 e. The van der Waals surface area contributed by atoms with Crippen LogP contribution in [0.25, 0.3) is 0 Å². The minimum absolute atomic E-state index is 0.0437. The fourth-order valence-corrected chi connectivity index (χ4v) is 1.10. The third-order valence-corrected chi connectivity index (χ3v) is 1.81. The van der Waals surface area contributed by atoms with Crippen molar-refractivity contribution >= 4 is 11.6 Å². The van der Waals surface area contributed by atoms with Gasteiger partial charge in [-0.1, -0.05) is 6.07 Å². The van der Waals surface area contributed by atoms with Crippen molar-refractivity contribution < 1.29 is 18.3 Å². The third-order valence-electron chi connectivity index (χ3n) is 1.81. The van der Waals surface area contributed by atoms with Gasteiger partial charge in [-0.3, -0.25) is 4.79 Å². The van der Waals surface area contributed by atoms with Crippen LogP contribution in [0.1, 0.15) is 5.56 Å². The molecule has 0 bridgehead atoms. The second kappa shape index (κ2) is 5.07. The Labute approximate surface area is 90.4 Å². The zero-order valence-corrected chi connectivity index (χ0v) is 8.33. The van der Waals surface area contributed by atoms with Crippen molar-refractivity contribution in [3.8, 4) is 11.8 Å². The van der Waals surface area contributed by atoms with E-state index in [9.17, 15) is 13.6 Å². The standard InChI is InChI=1S/C10H8F2N2O2/c1-16-7-4-2-3-6(5-13)8(7)14-10(15)9(11)12/h2-4,9H,1H3,(H,14,15). The molecule has 0 atom stereocenters. The molecule has 4 nitrogen and oxygen atoms in total. The lowest BCUT2D eigenvalue weighted by Crippen LogP contribution is -2.21. The number of amides is 1. The molecule has 84 valence electrons. The number of carbonyl (C=O) groups excluding carboxylic acids is 1. The number of para-hydroxylation sites is 1. The first-order valence-corrected chi connectivity index (χ1v) is 4.26. The van der Waals surface area contributed by atoms with E-state index in [4.69, 9.17) is 10.00 Å². The number of nitriles is 1. The highest BCUT2D eigenvalue weighted by Crippen LogP contribution is 2.27. The maximum atomic E-state index is 12.0. The van der Waals surface area contributed by atoms with Gasteiger partial charge in [0.1, 0.15) is 17.5 Å². The van der Waals surface area contributed by atoms with Gasteiger partial charge in [-0.15, -0.1) is 0 Å².